The Morgan fingerprint density at radius 3 is 2.52 bits per heavy atom. The standard InChI is InChI=1S/C18H17NO2/c1-19-18(20)21-17-12-15-8-3-2-6-13(15)10-11-14-7-4-5-9-16(14)17/h2-11,17H,12H2,1H3,(H,19,20)/b11-10-. The molecule has 21 heavy (non-hydrogen) atoms. The van der Waals surface area contributed by atoms with Gasteiger partial charge < -0.3 is 10.1 Å². The van der Waals surface area contributed by atoms with Crippen LogP contribution in [0.2, 0.25) is 0 Å². The van der Waals surface area contributed by atoms with Gasteiger partial charge in [0.1, 0.15) is 6.10 Å². The Morgan fingerprint density at radius 1 is 1.05 bits per heavy atom. The number of ether oxygens (including phenoxy) is 1. The molecule has 3 nitrogen and oxygen atoms in total. The van der Waals surface area contributed by atoms with Crippen LogP contribution in [0.15, 0.2) is 48.5 Å². The minimum absolute atomic E-state index is 0.285. The largest absolute Gasteiger partial charge is 0.441 e. The van der Waals surface area contributed by atoms with E-state index >= 15 is 0 Å². The van der Waals surface area contributed by atoms with E-state index in [1.54, 1.807) is 7.05 Å². The van der Waals surface area contributed by atoms with Gasteiger partial charge in [-0.25, -0.2) is 4.79 Å². The molecule has 0 saturated carbocycles. The minimum Gasteiger partial charge on any atom is -0.441 e. The van der Waals surface area contributed by atoms with Crippen molar-refractivity contribution in [1.29, 1.82) is 0 Å². The van der Waals surface area contributed by atoms with Crippen LogP contribution in [0.4, 0.5) is 4.79 Å². The number of nitrogens with one attached hydrogen (secondary N) is 1. The van der Waals surface area contributed by atoms with E-state index in [-0.39, 0.29) is 6.10 Å². The molecule has 0 aliphatic heterocycles. The summed E-state index contributed by atoms with van der Waals surface area (Å²) in [6.45, 7) is 0. The highest BCUT2D eigenvalue weighted by atomic mass is 16.6. The number of alkyl carbamates (subject to hydrolysis) is 1. The molecule has 0 spiro atoms. The predicted molar refractivity (Wildman–Crippen MR) is 83.8 cm³/mol. The van der Waals surface area contributed by atoms with E-state index in [1.165, 1.54) is 5.56 Å². The fraction of sp³-hybridized carbons (Fsp3) is 0.167. The summed E-state index contributed by atoms with van der Waals surface area (Å²) in [5.74, 6) is 0. The van der Waals surface area contributed by atoms with Crippen molar-refractivity contribution in [2.24, 2.45) is 0 Å². The topological polar surface area (TPSA) is 38.3 Å². The molecule has 1 atom stereocenters. The third-order valence-electron chi connectivity index (χ3n) is 3.70. The molecule has 2 aromatic carbocycles. The highest BCUT2D eigenvalue weighted by molar-refractivity contribution is 5.74. The molecule has 1 N–H and O–H groups in total. The van der Waals surface area contributed by atoms with Gasteiger partial charge in [-0.05, 0) is 16.7 Å². The number of rotatable bonds is 1. The summed E-state index contributed by atoms with van der Waals surface area (Å²) in [4.78, 5) is 11.6. The van der Waals surface area contributed by atoms with Crippen molar-refractivity contribution in [3.63, 3.8) is 0 Å². The van der Waals surface area contributed by atoms with Crippen molar-refractivity contribution in [2.75, 3.05) is 7.05 Å². The van der Waals surface area contributed by atoms with Gasteiger partial charge in [0.15, 0.2) is 0 Å². The van der Waals surface area contributed by atoms with Gasteiger partial charge in [0, 0.05) is 19.0 Å². The molecule has 0 aromatic heterocycles. The van der Waals surface area contributed by atoms with Crippen LogP contribution in [-0.2, 0) is 11.2 Å². The lowest BCUT2D eigenvalue weighted by atomic mass is 9.91. The number of carbonyl (C=O) groups excluding carboxylic acids is 1. The second kappa shape index (κ2) is 5.83. The molecule has 0 bridgehead atoms. The van der Waals surface area contributed by atoms with Gasteiger partial charge >= 0.3 is 6.09 Å². The first-order chi connectivity index (χ1) is 10.3. The van der Waals surface area contributed by atoms with Crippen LogP contribution >= 0.6 is 0 Å². The van der Waals surface area contributed by atoms with Crippen LogP contribution in [0.1, 0.15) is 28.4 Å². The van der Waals surface area contributed by atoms with Crippen molar-refractivity contribution in [2.45, 2.75) is 12.5 Å². The van der Waals surface area contributed by atoms with Gasteiger partial charge in [-0.15, -0.1) is 0 Å². The molecule has 1 amide bonds. The maximum atomic E-state index is 11.6. The number of fused-ring (bicyclic) bond motifs is 2. The second-order valence-electron chi connectivity index (χ2n) is 5.01. The van der Waals surface area contributed by atoms with E-state index in [9.17, 15) is 4.79 Å². The van der Waals surface area contributed by atoms with E-state index in [1.807, 2.05) is 36.4 Å². The van der Waals surface area contributed by atoms with Gasteiger partial charge in [0.2, 0.25) is 0 Å². The van der Waals surface area contributed by atoms with Crippen LogP contribution < -0.4 is 5.32 Å². The number of hydrogen-bond donors (Lipinski definition) is 1. The van der Waals surface area contributed by atoms with Crippen molar-refractivity contribution in [1.82, 2.24) is 5.32 Å². The first kappa shape index (κ1) is 13.4. The molecule has 1 unspecified atom stereocenters. The van der Waals surface area contributed by atoms with Crippen LogP contribution in [0, 0.1) is 0 Å². The molecule has 106 valence electrons. The van der Waals surface area contributed by atoms with Gasteiger partial charge in [0.05, 0.1) is 0 Å². The number of hydrogen-bond acceptors (Lipinski definition) is 2. The monoisotopic (exact) mass is 279 g/mol. The van der Waals surface area contributed by atoms with Crippen LogP contribution in [-0.4, -0.2) is 13.1 Å². The number of carbonyl (C=O) groups is 1. The van der Waals surface area contributed by atoms with Crippen molar-refractivity contribution >= 4 is 18.2 Å². The van der Waals surface area contributed by atoms with Crippen LogP contribution in [0.5, 0.6) is 0 Å². The second-order valence-corrected chi connectivity index (χ2v) is 5.01. The summed E-state index contributed by atoms with van der Waals surface area (Å²) < 4.78 is 5.58. The maximum Gasteiger partial charge on any atom is 0.407 e. The summed E-state index contributed by atoms with van der Waals surface area (Å²) in [7, 11) is 1.57. The minimum atomic E-state index is -0.406. The Labute approximate surface area is 124 Å². The van der Waals surface area contributed by atoms with Crippen LogP contribution in [0.3, 0.4) is 0 Å². The Morgan fingerprint density at radius 2 is 1.71 bits per heavy atom. The Hall–Kier alpha value is -2.55. The van der Waals surface area contributed by atoms with Gasteiger partial charge in [-0.2, -0.15) is 0 Å². The first-order valence-electron chi connectivity index (χ1n) is 7.01. The zero-order valence-corrected chi connectivity index (χ0v) is 11.9. The molecule has 2 aromatic rings. The normalized spacial score (nSPS) is 17.7. The van der Waals surface area contributed by atoms with Crippen molar-refractivity contribution in [3.8, 4) is 0 Å². The molecule has 3 heteroatoms. The molecular formula is C18H17NO2. The molecule has 0 radical (unpaired) electrons. The third-order valence-corrected chi connectivity index (χ3v) is 3.70. The molecule has 0 heterocycles. The lowest BCUT2D eigenvalue weighted by Gasteiger charge is -2.22. The average molecular weight is 279 g/mol. The van der Waals surface area contributed by atoms with Crippen molar-refractivity contribution < 1.29 is 9.53 Å². The molecule has 3 rings (SSSR count). The molecular weight excluding hydrogens is 262 g/mol. The molecule has 1 aliphatic rings. The summed E-state index contributed by atoms with van der Waals surface area (Å²) in [5, 5.41) is 2.52. The lowest BCUT2D eigenvalue weighted by Crippen LogP contribution is -2.23. The summed E-state index contributed by atoms with van der Waals surface area (Å²) in [5.41, 5.74) is 4.46. The van der Waals surface area contributed by atoms with E-state index < -0.39 is 6.09 Å². The third kappa shape index (κ3) is 2.82. The Balaban J connectivity index is 2.07. The Bertz CT molecular complexity index is 691. The number of amides is 1. The summed E-state index contributed by atoms with van der Waals surface area (Å²) >= 11 is 0. The highest BCUT2D eigenvalue weighted by Crippen LogP contribution is 2.31. The van der Waals surface area contributed by atoms with E-state index in [2.05, 4.69) is 29.6 Å². The smallest absolute Gasteiger partial charge is 0.407 e. The number of benzene rings is 2. The molecule has 0 fully saturated rings. The summed E-state index contributed by atoms with van der Waals surface area (Å²) in [6, 6.07) is 16.2. The highest BCUT2D eigenvalue weighted by Gasteiger charge is 2.21. The SMILES string of the molecule is CNC(=O)OC1Cc2ccccc2/C=C\c2ccccc21. The average Bonchev–Trinajstić information content (AvgIpc) is 2.51. The quantitative estimate of drug-likeness (QED) is 0.862. The molecule has 0 saturated heterocycles. The Kier molecular flexibility index (Phi) is 3.73. The lowest BCUT2D eigenvalue weighted by molar-refractivity contribution is 0.0992. The zero-order valence-electron chi connectivity index (χ0n) is 11.9. The summed E-state index contributed by atoms with van der Waals surface area (Å²) in [6.07, 6.45) is 4.17. The fourth-order valence-electron chi connectivity index (χ4n) is 2.62. The predicted octanol–water partition coefficient (Wildman–Crippen LogP) is 3.81. The van der Waals surface area contributed by atoms with Crippen LogP contribution in [0.25, 0.3) is 12.2 Å². The van der Waals surface area contributed by atoms with Crippen molar-refractivity contribution in [3.05, 3.63) is 70.8 Å². The van der Waals surface area contributed by atoms with E-state index in [0.717, 1.165) is 16.7 Å². The van der Waals surface area contributed by atoms with Gasteiger partial charge in [0.25, 0.3) is 0 Å². The zero-order chi connectivity index (χ0) is 14.7. The maximum absolute atomic E-state index is 11.6. The van der Waals surface area contributed by atoms with Gasteiger partial charge in [-0.1, -0.05) is 60.7 Å². The molecule has 1 aliphatic carbocycles. The first-order valence-corrected chi connectivity index (χ1v) is 7.01. The van der Waals surface area contributed by atoms with E-state index in [0.29, 0.717) is 6.42 Å². The fourth-order valence-corrected chi connectivity index (χ4v) is 2.62. The van der Waals surface area contributed by atoms with Gasteiger partial charge in [-0.3, -0.25) is 0 Å². The van der Waals surface area contributed by atoms with E-state index in [4.69, 9.17) is 4.74 Å².